The van der Waals surface area contributed by atoms with Crippen molar-refractivity contribution in [1.82, 2.24) is 19.5 Å². The van der Waals surface area contributed by atoms with Crippen LogP contribution in [0.2, 0.25) is 5.15 Å². The summed E-state index contributed by atoms with van der Waals surface area (Å²) >= 11 is 7.79. The van der Waals surface area contributed by atoms with E-state index in [4.69, 9.17) is 16.3 Å². The van der Waals surface area contributed by atoms with Crippen LogP contribution in [0.3, 0.4) is 0 Å². The van der Waals surface area contributed by atoms with Crippen LogP contribution >= 0.6 is 22.9 Å². The second-order valence-electron chi connectivity index (χ2n) is 5.23. The van der Waals surface area contributed by atoms with Gasteiger partial charge in [0.1, 0.15) is 5.15 Å². The summed E-state index contributed by atoms with van der Waals surface area (Å²) in [6, 6.07) is 6.06. The van der Waals surface area contributed by atoms with Gasteiger partial charge in [-0.25, -0.2) is 9.50 Å². The van der Waals surface area contributed by atoms with E-state index >= 15 is 0 Å². The summed E-state index contributed by atoms with van der Waals surface area (Å²) in [5.41, 5.74) is 1.83. The lowest BCUT2D eigenvalue weighted by Gasteiger charge is -2.25. The number of fused-ring (bicyclic) bond motifs is 1. The Balaban J connectivity index is 1.61. The molecule has 0 N–H and O–H groups in total. The van der Waals surface area contributed by atoms with Gasteiger partial charge in [-0.05, 0) is 18.2 Å². The molecule has 3 aromatic heterocycles. The number of thiophene rings is 1. The summed E-state index contributed by atoms with van der Waals surface area (Å²) in [5.74, 6) is 0. The number of hydrogen-bond donors (Lipinski definition) is 0. The fourth-order valence-electron chi connectivity index (χ4n) is 2.61. The van der Waals surface area contributed by atoms with Crippen molar-refractivity contribution >= 4 is 28.6 Å². The van der Waals surface area contributed by atoms with Gasteiger partial charge < -0.3 is 4.74 Å². The van der Waals surface area contributed by atoms with Crippen molar-refractivity contribution in [2.24, 2.45) is 0 Å². The number of morpholine rings is 1. The number of nitrogens with zero attached hydrogens (tertiary/aromatic N) is 4. The maximum absolute atomic E-state index is 6.00. The van der Waals surface area contributed by atoms with Gasteiger partial charge in [0.2, 0.25) is 0 Å². The predicted octanol–water partition coefficient (Wildman–Crippen LogP) is 2.94. The van der Waals surface area contributed by atoms with Gasteiger partial charge in [0.05, 0.1) is 25.0 Å². The van der Waals surface area contributed by atoms with Crippen molar-refractivity contribution in [3.63, 3.8) is 0 Å². The van der Waals surface area contributed by atoms with Gasteiger partial charge in [-0.3, -0.25) is 4.90 Å². The Hall–Kier alpha value is -1.47. The fraction of sp³-hybridized carbons (Fsp3) is 0.333. The van der Waals surface area contributed by atoms with E-state index in [1.54, 1.807) is 21.9 Å². The van der Waals surface area contributed by atoms with Crippen LogP contribution in [0.4, 0.5) is 0 Å². The van der Waals surface area contributed by atoms with Crippen molar-refractivity contribution in [1.29, 1.82) is 0 Å². The van der Waals surface area contributed by atoms with E-state index in [1.807, 2.05) is 12.4 Å². The topological polar surface area (TPSA) is 42.7 Å². The van der Waals surface area contributed by atoms with Gasteiger partial charge in [-0.15, -0.1) is 11.3 Å². The van der Waals surface area contributed by atoms with E-state index < -0.39 is 0 Å². The molecule has 1 aliphatic heterocycles. The SMILES string of the molecule is Clc1ccn2ncc(-c3ccc(CN4CCOCC4)s3)c2n1. The molecular formula is C15H15ClN4OS. The molecule has 0 aromatic carbocycles. The zero-order chi connectivity index (χ0) is 14.9. The molecule has 0 saturated carbocycles. The van der Waals surface area contributed by atoms with E-state index in [9.17, 15) is 0 Å². The lowest BCUT2D eigenvalue weighted by atomic mass is 10.3. The first-order valence-corrected chi connectivity index (χ1v) is 8.38. The van der Waals surface area contributed by atoms with Crippen molar-refractivity contribution in [2.75, 3.05) is 26.3 Å². The molecule has 0 amide bonds. The molecule has 4 rings (SSSR count). The van der Waals surface area contributed by atoms with Crippen molar-refractivity contribution in [2.45, 2.75) is 6.54 Å². The van der Waals surface area contributed by atoms with Crippen LogP contribution in [0.25, 0.3) is 16.1 Å². The third-order valence-corrected chi connectivity index (χ3v) is 5.06. The highest BCUT2D eigenvalue weighted by atomic mass is 35.5. The number of rotatable bonds is 3. The maximum atomic E-state index is 6.00. The Kier molecular flexibility index (Phi) is 3.83. The highest BCUT2D eigenvalue weighted by Crippen LogP contribution is 2.31. The largest absolute Gasteiger partial charge is 0.379 e. The van der Waals surface area contributed by atoms with Crippen LogP contribution in [-0.2, 0) is 11.3 Å². The second-order valence-corrected chi connectivity index (χ2v) is 6.79. The van der Waals surface area contributed by atoms with Crippen molar-refractivity contribution < 1.29 is 4.74 Å². The number of halogens is 1. The molecule has 3 aromatic rings. The minimum Gasteiger partial charge on any atom is -0.379 e. The molecular weight excluding hydrogens is 320 g/mol. The summed E-state index contributed by atoms with van der Waals surface area (Å²) in [4.78, 5) is 9.32. The summed E-state index contributed by atoms with van der Waals surface area (Å²) in [5, 5.41) is 4.82. The normalized spacial score (nSPS) is 16.4. The van der Waals surface area contributed by atoms with E-state index in [2.05, 4.69) is 27.1 Å². The van der Waals surface area contributed by atoms with Gasteiger partial charge in [-0.2, -0.15) is 5.10 Å². The number of hydrogen-bond acceptors (Lipinski definition) is 5. The Bertz CT molecular complexity index is 794. The molecule has 0 bridgehead atoms. The Morgan fingerprint density at radius 3 is 2.95 bits per heavy atom. The van der Waals surface area contributed by atoms with Crippen LogP contribution in [0, 0.1) is 0 Å². The number of ether oxygens (including phenoxy) is 1. The molecule has 1 aliphatic rings. The van der Waals surface area contributed by atoms with Crippen LogP contribution in [0.1, 0.15) is 4.88 Å². The lowest BCUT2D eigenvalue weighted by Crippen LogP contribution is -2.35. The minimum absolute atomic E-state index is 0.486. The smallest absolute Gasteiger partial charge is 0.165 e. The molecule has 22 heavy (non-hydrogen) atoms. The first-order valence-electron chi connectivity index (χ1n) is 7.19. The molecule has 1 saturated heterocycles. The average molecular weight is 335 g/mol. The van der Waals surface area contributed by atoms with Crippen LogP contribution in [0.5, 0.6) is 0 Å². The van der Waals surface area contributed by atoms with E-state index in [-0.39, 0.29) is 0 Å². The molecule has 0 unspecified atom stereocenters. The van der Waals surface area contributed by atoms with E-state index in [0.717, 1.165) is 44.1 Å². The lowest BCUT2D eigenvalue weighted by molar-refractivity contribution is 0.0346. The van der Waals surface area contributed by atoms with Crippen LogP contribution < -0.4 is 0 Å². The average Bonchev–Trinajstić information content (AvgIpc) is 3.14. The molecule has 1 fully saturated rings. The molecule has 4 heterocycles. The third-order valence-electron chi connectivity index (χ3n) is 3.75. The van der Waals surface area contributed by atoms with Crippen molar-refractivity contribution in [3.8, 4) is 10.4 Å². The highest BCUT2D eigenvalue weighted by Gasteiger charge is 2.14. The van der Waals surface area contributed by atoms with Gasteiger partial charge in [0.15, 0.2) is 5.65 Å². The third kappa shape index (κ3) is 2.75. The fourth-order valence-corrected chi connectivity index (χ4v) is 3.80. The van der Waals surface area contributed by atoms with Crippen LogP contribution in [0.15, 0.2) is 30.6 Å². The van der Waals surface area contributed by atoms with Gasteiger partial charge in [0, 0.05) is 35.6 Å². The van der Waals surface area contributed by atoms with Crippen molar-refractivity contribution in [3.05, 3.63) is 40.6 Å². The van der Waals surface area contributed by atoms with Gasteiger partial charge >= 0.3 is 0 Å². The van der Waals surface area contributed by atoms with E-state index in [1.165, 1.54) is 9.75 Å². The molecule has 7 heteroatoms. The standard InChI is InChI=1S/C15H15ClN4OS/c16-14-3-4-20-15(18-14)12(9-17-20)13-2-1-11(22-13)10-19-5-7-21-8-6-19/h1-4,9H,5-8,10H2. The summed E-state index contributed by atoms with van der Waals surface area (Å²) in [7, 11) is 0. The highest BCUT2D eigenvalue weighted by molar-refractivity contribution is 7.15. The summed E-state index contributed by atoms with van der Waals surface area (Å²) in [6.45, 7) is 4.63. The van der Waals surface area contributed by atoms with Crippen LogP contribution in [-0.4, -0.2) is 45.8 Å². The Morgan fingerprint density at radius 1 is 1.23 bits per heavy atom. The first-order chi connectivity index (χ1) is 10.8. The Morgan fingerprint density at radius 2 is 2.09 bits per heavy atom. The predicted molar refractivity (Wildman–Crippen MR) is 87.4 cm³/mol. The quantitative estimate of drug-likeness (QED) is 0.691. The van der Waals surface area contributed by atoms with Gasteiger partial charge in [0.25, 0.3) is 0 Å². The summed E-state index contributed by atoms with van der Waals surface area (Å²) in [6.07, 6.45) is 3.68. The zero-order valence-corrected chi connectivity index (χ0v) is 13.5. The molecule has 0 radical (unpaired) electrons. The molecule has 0 aliphatic carbocycles. The number of aromatic nitrogens is 3. The zero-order valence-electron chi connectivity index (χ0n) is 11.9. The Labute approximate surface area is 137 Å². The van der Waals surface area contributed by atoms with Gasteiger partial charge in [-0.1, -0.05) is 11.6 Å². The molecule has 114 valence electrons. The molecule has 0 atom stereocenters. The molecule has 0 spiro atoms. The molecule has 5 nitrogen and oxygen atoms in total. The monoisotopic (exact) mass is 334 g/mol. The van der Waals surface area contributed by atoms with E-state index in [0.29, 0.717) is 5.15 Å². The second kappa shape index (κ2) is 5.96. The first kappa shape index (κ1) is 14.1. The summed E-state index contributed by atoms with van der Waals surface area (Å²) < 4.78 is 7.14. The minimum atomic E-state index is 0.486. The maximum Gasteiger partial charge on any atom is 0.165 e.